The molecule has 2 heterocycles. The average Bonchev–Trinajstić information content (AvgIpc) is 3.15. The number of hydrogen-bond donors (Lipinski definition) is 2. The Balaban J connectivity index is 1.48. The van der Waals surface area contributed by atoms with E-state index in [2.05, 4.69) is 10.9 Å². The molecule has 0 unspecified atom stereocenters. The van der Waals surface area contributed by atoms with Gasteiger partial charge in [-0.25, -0.2) is 8.42 Å². The molecule has 4 rings (SSSR count). The van der Waals surface area contributed by atoms with Gasteiger partial charge in [0.25, 0.3) is 11.8 Å². The normalized spacial score (nSPS) is 15.0. The molecule has 1 aliphatic rings. The molecule has 1 saturated heterocycles. The van der Waals surface area contributed by atoms with Crippen LogP contribution in [0, 0.1) is 0 Å². The molecule has 0 saturated carbocycles. The lowest BCUT2D eigenvalue weighted by molar-refractivity contribution is 0.0847. The van der Waals surface area contributed by atoms with Crippen molar-refractivity contribution in [1.82, 2.24) is 19.7 Å². The van der Waals surface area contributed by atoms with E-state index >= 15 is 0 Å². The number of para-hydroxylation sites is 1. The van der Waals surface area contributed by atoms with E-state index in [-0.39, 0.29) is 10.5 Å². The largest absolute Gasteiger partial charge is 0.350 e. The molecule has 9 heteroatoms. The van der Waals surface area contributed by atoms with Gasteiger partial charge >= 0.3 is 0 Å². The summed E-state index contributed by atoms with van der Waals surface area (Å²) in [6, 6.07) is 13.3. The van der Waals surface area contributed by atoms with Crippen molar-refractivity contribution in [3.63, 3.8) is 0 Å². The van der Waals surface area contributed by atoms with Crippen LogP contribution >= 0.6 is 0 Å². The van der Waals surface area contributed by atoms with Crippen LogP contribution in [0.5, 0.6) is 0 Å². The highest BCUT2D eigenvalue weighted by Gasteiger charge is 2.26. The Morgan fingerprint density at radius 2 is 1.61 bits per heavy atom. The highest BCUT2D eigenvalue weighted by atomic mass is 32.2. The lowest BCUT2D eigenvalue weighted by Crippen LogP contribution is -2.41. The Morgan fingerprint density at radius 3 is 2.39 bits per heavy atom. The van der Waals surface area contributed by atoms with Crippen LogP contribution in [-0.2, 0) is 17.1 Å². The molecule has 1 fully saturated rings. The minimum Gasteiger partial charge on any atom is -0.350 e. The topological polar surface area (TPSA) is 101 Å². The summed E-state index contributed by atoms with van der Waals surface area (Å²) in [6.07, 6.45) is 4.38. The first-order valence-corrected chi connectivity index (χ1v) is 11.6. The number of aromatic nitrogens is 1. The number of hydrogen-bond acceptors (Lipinski definition) is 4. The molecule has 3 aromatic rings. The number of piperidine rings is 1. The summed E-state index contributed by atoms with van der Waals surface area (Å²) in [5.41, 5.74) is 6.26. The smallest absolute Gasteiger partial charge is 0.271 e. The van der Waals surface area contributed by atoms with Gasteiger partial charge < -0.3 is 4.57 Å². The summed E-state index contributed by atoms with van der Waals surface area (Å²) in [4.78, 5) is 25.2. The fourth-order valence-corrected chi connectivity index (χ4v) is 5.39. The van der Waals surface area contributed by atoms with Crippen LogP contribution in [0.4, 0.5) is 0 Å². The summed E-state index contributed by atoms with van der Waals surface area (Å²) < 4.78 is 29.0. The van der Waals surface area contributed by atoms with E-state index < -0.39 is 21.8 Å². The number of rotatable bonds is 4. The zero-order valence-corrected chi connectivity index (χ0v) is 18.0. The predicted molar refractivity (Wildman–Crippen MR) is 117 cm³/mol. The molecule has 0 atom stereocenters. The molecule has 162 valence electrons. The minimum atomic E-state index is -3.65. The molecular formula is C22H24N4O4S. The van der Waals surface area contributed by atoms with Gasteiger partial charge in [-0.05, 0) is 37.1 Å². The molecule has 0 bridgehead atoms. The highest BCUT2D eigenvalue weighted by molar-refractivity contribution is 7.89. The maximum absolute atomic E-state index is 12.9. The predicted octanol–water partition coefficient (Wildman–Crippen LogP) is 2.43. The Hall–Kier alpha value is -3.17. The number of amides is 2. The molecule has 2 amide bonds. The zero-order valence-electron chi connectivity index (χ0n) is 17.2. The lowest BCUT2D eigenvalue weighted by atomic mass is 10.2. The molecule has 0 spiro atoms. The van der Waals surface area contributed by atoms with Crippen molar-refractivity contribution in [1.29, 1.82) is 0 Å². The lowest BCUT2D eigenvalue weighted by Gasteiger charge is -2.26. The van der Waals surface area contributed by atoms with Gasteiger partial charge in [0.15, 0.2) is 0 Å². The summed E-state index contributed by atoms with van der Waals surface area (Å²) >= 11 is 0. The van der Waals surface area contributed by atoms with Gasteiger partial charge in [0.05, 0.1) is 10.5 Å². The van der Waals surface area contributed by atoms with E-state index in [1.807, 2.05) is 35.9 Å². The molecule has 2 aromatic carbocycles. The van der Waals surface area contributed by atoms with E-state index in [0.717, 1.165) is 30.2 Å². The zero-order chi connectivity index (χ0) is 22.0. The first-order chi connectivity index (χ1) is 14.9. The van der Waals surface area contributed by atoms with Gasteiger partial charge in [-0.3, -0.25) is 20.4 Å². The number of nitrogens with one attached hydrogen (secondary N) is 2. The van der Waals surface area contributed by atoms with Crippen molar-refractivity contribution in [2.75, 3.05) is 13.1 Å². The third kappa shape index (κ3) is 4.19. The van der Waals surface area contributed by atoms with Crippen molar-refractivity contribution < 1.29 is 18.0 Å². The number of carbonyl (C=O) groups excluding carboxylic acids is 2. The average molecular weight is 441 g/mol. The quantitative estimate of drug-likeness (QED) is 0.609. The highest BCUT2D eigenvalue weighted by Crippen LogP contribution is 2.22. The number of benzene rings is 2. The van der Waals surface area contributed by atoms with Gasteiger partial charge in [0.1, 0.15) is 0 Å². The molecule has 8 nitrogen and oxygen atoms in total. The van der Waals surface area contributed by atoms with Crippen molar-refractivity contribution in [3.8, 4) is 0 Å². The van der Waals surface area contributed by atoms with Crippen molar-refractivity contribution in [3.05, 3.63) is 65.9 Å². The second kappa shape index (κ2) is 8.52. The molecular weight excluding hydrogens is 416 g/mol. The van der Waals surface area contributed by atoms with Crippen LogP contribution in [0.1, 0.15) is 40.0 Å². The fraction of sp³-hybridized carbons (Fsp3) is 0.273. The van der Waals surface area contributed by atoms with Crippen LogP contribution in [0.15, 0.2) is 59.6 Å². The van der Waals surface area contributed by atoms with Gasteiger partial charge in [-0.1, -0.05) is 30.7 Å². The number of sulfonamides is 1. The van der Waals surface area contributed by atoms with E-state index in [1.165, 1.54) is 28.6 Å². The Morgan fingerprint density at radius 1 is 0.903 bits per heavy atom. The number of fused-ring (bicyclic) bond motifs is 1. The standard InChI is InChI=1S/C22H24N4O4S/c1-25-15-19(18-10-3-4-11-20(18)25)22(28)24-23-21(27)16-8-7-9-17(14-16)31(29,30)26-12-5-2-6-13-26/h3-4,7-11,14-15H,2,5-6,12-13H2,1H3,(H,23,27)(H,24,28). The molecule has 0 aliphatic carbocycles. The van der Waals surface area contributed by atoms with Crippen LogP contribution in [0.3, 0.4) is 0 Å². The third-order valence-corrected chi connectivity index (χ3v) is 7.37. The molecule has 1 aliphatic heterocycles. The molecule has 0 radical (unpaired) electrons. The number of carbonyl (C=O) groups is 2. The first kappa shape index (κ1) is 21.1. The van der Waals surface area contributed by atoms with Crippen LogP contribution in [-0.4, -0.2) is 42.2 Å². The van der Waals surface area contributed by atoms with Gasteiger partial charge in [-0.2, -0.15) is 4.31 Å². The maximum Gasteiger partial charge on any atom is 0.271 e. The van der Waals surface area contributed by atoms with Gasteiger partial charge in [0, 0.05) is 42.8 Å². The van der Waals surface area contributed by atoms with E-state index in [0.29, 0.717) is 18.7 Å². The number of aryl methyl sites for hydroxylation is 1. The number of nitrogens with zero attached hydrogens (tertiary/aromatic N) is 2. The third-order valence-electron chi connectivity index (χ3n) is 5.48. The van der Waals surface area contributed by atoms with Crippen LogP contribution in [0.25, 0.3) is 10.9 Å². The Bertz CT molecular complexity index is 1240. The minimum absolute atomic E-state index is 0.0717. The van der Waals surface area contributed by atoms with Crippen LogP contribution < -0.4 is 10.9 Å². The van der Waals surface area contributed by atoms with E-state index in [4.69, 9.17) is 0 Å². The summed E-state index contributed by atoms with van der Waals surface area (Å²) in [5.74, 6) is -1.05. The van der Waals surface area contributed by atoms with Crippen molar-refractivity contribution in [2.24, 2.45) is 7.05 Å². The first-order valence-electron chi connectivity index (χ1n) is 10.1. The monoisotopic (exact) mass is 440 g/mol. The SMILES string of the molecule is Cn1cc(C(=O)NNC(=O)c2cccc(S(=O)(=O)N3CCCCC3)c2)c2ccccc21. The van der Waals surface area contributed by atoms with Crippen molar-refractivity contribution in [2.45, 2.75) is 24.2 Å². The number of hydrazine groups is 1. The second-order valence-corrected chi connectivity index (χ2v) is 9.51. The van der Waals surface area contributed by atoms with Crippen molar-refractivity contribution >= 4 is 32.7 Å². The maximum atomic E-state index is 12.9. The molecule has 2 N–H and O–H groups in total. The van der Waals surface area contributed by atoms with E-state index in [9.17, 15) is 18.0 Å². The van der Waals surface area contributed by atoms with Gasteiger partial charge in [-0.15, -0.1) is 0 Å². The summed E-state index contributed by atoms with van der Waals surface area (Å²) in [6.45, 7) is 0.972. The molecule has 1 aromatic heterocycles. The molecule has 31 heavy (non-hydrogen) atoms. The summed E-state index contributed by atoms with van der Waals surface area (Å²) in [5, 5.41) is 0.770. The van der Waals surface area contributed by atoms with Crippen LogP contribution in [0.2, 0.25) is 0 Å². The van der Waals surface area contributed by atoms with Gasteiger partial charge in [0.2, 0.25) is 10.0 Å². The fourth-order valence-electron chi connectivity index (χ4n) is 3.83. The Labute approximate surface area is 180 Å². The van der Waals surface area contributed by atoms with E-state index in [1.54, 1.807) is 6.20 Å². The summed E-state index contributed by atoms with van der Waals surface area (Å²) in [7, 11) is -1.81. The Kier molecular flexibility index (Phi) is 5.79. The second-order valence-electron chi connectivity index (χ2n) is 7.57.